The van der Waals surface area contributed by atoms with Crippen LogP contribution in [0.1, 0.15) is 5.56 Å². The molecule has 137 valence electrons. The molecule has 4 rings (SSSR count). The second-order valence-corrected chi connectivity index (χ2v) is 5.70. The second kappa shape index (κ2) is 10.4. The number of benzene rings is 2. The third-order valence-corrected chi connectivity index (χ3v) is 3.75. The first kappa shape index (κ1) is 20.5. The number of pyridine rings is 1. The Hall–Kier alpha value is -2.81. The molecule has 2 heterocycles. The van der Waals surface area contributed by atoms with Gasteiger partial charge >= 0.3 is 0 Å². The molecular weight excluding hydrogens is 510 g/mol. The number of imidazole rings is 1. The van der Waals surface area contributed by atoms with Crippen molar-refractivity contribution in [3.63, 3.8) is 0 Å². The first-order chi connectivity index (χ1) is 12.7. The molecule has 0 aliphatic carbocycles. The Kier molecular flexibility index (Phi) is 7.87. The number of aromatic nitrogens is 3. The smallest absolute Gasteiger partial charge is 0.166 e. The molecule has 0 amide bonds. The molecule has 27 heavy (non-hydrogen) atoms. The van der Waals surface area contributed by atoms with E-state index in [1.807, 2.05) is 102 Å². The average Bonchev–Trinajstić information content (AvgIpc) is 3.16. The Morgan fingerprint density at radius 2 is 1.70 bits per heavy atom. The fourth-order valence-electron chi connectivity index (χ4n) is 2.40. The van der Waals surface area contributed by atoms with Crippen molar-refractivity contribution in [1.82, 2.24) is 14.1 Å². The van der Waals surface area contributed by atoms with Gasteiger partial charge in [0.25, 0.3) is 0 Å². The molecular formula is C23H20IrN3-. The number of aryl methyl sites for hydroxylation is 1. The summed E-state index contributed by atoms with van der Waals surface area (Å²) in [7, 11) is 1.98. The van der Waals surface area contributed by atoms with E-state index in [0.29, 0.717) is 0 Å². The van der Waals surface area contributed by atoms with Crippen LogP contribution in [0.5, 0.6) is 0 Å². The van der Waals surface area contributed by atoms with Gasteiger partial charge in [-0.2, -0.15) is 4.57 Å². The SMILES string of the molecule is C=C(c1[c-]cccc1)n1ccn(C)[cH+]1.[Ir].[c-]1ccccc1-c1ccccn1. The summed E-state index contributed by atoms with van der Waals surface area (Å²) in [6, 6.07) is 27.8. The molecule has 0 saturated heterocycles. The van der Waals surface area contributed by atoms with Gasteiger partial charge in [0.15, 0.2) is 6.33 Å². The van der Waals surface area contributed by atoms with Gasteiger partial charge < -0.3 is 4.98 Å². The van der Waals surface area contributed by atoms with E-state index in [1.165, 1.54) is 0 Å². The molecule has 0 saturated carbocycles. The predicted molar refractivity (Wildman–Crippen MR) is 106 cm³/mol. The van der Waals surface area contributed by atoms with Crippen LogP contribution in [-0.2, 0) is 27.2 Å². The first-order valence-corrected chi connectivity index (χ1v) is 8.32. The first-order valence-electron chi connectivity index (χ1n) is 8.32. The summed E-state index contributed by atoms with van der Waals surface area (Å²) in [6.07, 6.45) is 7.72. The Bertz CT molecular complexity index is 911. The summed E-state index contributed by atoms with van der Waals surface area (Å²) in [4.78, 5) is 4.22. The topological polar surface area (TPSA) is 22.8 Å². The molecule has 2 aromatic carbocycles. The van der Waals surface area contributed by atoms with Crippen LogP contribution in [0.3, 0.4) is 0 Å². The van der Waals surface area contributed by atoms with Crippen LogP contribution in [0.25, 0.3) is 17.0 Å². The van der Waals surface area contributed by atoms with Crippen molar-refractivity contribution in [2.24, 2.45) is 7.05 Å². The Labute approximate surface area is 174 Å². The molecule has 0 N–H and O–H groups in total. The Morgan fingerprint density at radius 1 is 0.963 bits per heavy atom. The van der Waals surface area contributed by atoms with Gasteiger partial charge in [-0.05, 0) is 23.9 Å². The van der Waals surface area contributed by atoms with Crippen LogP contribution < -0.4 is 0 Å². The second-order valence-electron chi connectivity index (χ2n) is 5.70. The van der Waals surface area contributed by atoms with Crippen LogP contribution in [0.4, 0.5) is 0 Å². The molecule has 2 aromatic heterocycles. The maximum Gasteiger partial charge on any atom is 0.166 e. The molecule has 0 atom stereocenters. The van der Waals surface area contributed by atoms with Gasteiger partial charge in [-0.15, -0.1) is 66.2 Å². The fourth-order valence-corrected chi connectivity index (χ4v) is 2.40. The maximum atomic E-state index is 4.22. The van der Waals surface area contributed by atoms with Crippen LogP contribution in [-0.4, -0.2) is 14.1 Å². The van der Waals surface area contributed by atoms with Crippen molar-refractivity contribution in [2.45, 2.75) is 0 Å². The molecule has 0 aliphatic heterocycles. The standard InChI is InChI=1S/C12H12N2.C11H8N.Ir/c1-11(12-6-4-3-5-7-12)14-9-8-13(2)10-14;1-2-6-10(7-3-1)11-8-4-5-9-12-11;/h3-6,8-10H,1H2,2H3;1-6,8-9H;/q;-1;. The largest absolute Gasteiger partial charge is 0.305 e. The van der Waals surface area contributed by atoms with E-state index in [2.05, 4.69) is 23.7 Å². The van der Waals surface area contributed by atoms with Crippen LogP contribution in [0, 0.1) is 12.1 Å². The molecule has 0 aliphatic rings. The number of hydrogen-bond donors (Lipinski definition) is 0. The summed E-state index contributed by atoms with van der Waals surface area (Å²) in [5.41, 5.74) is 3.96. The van der Waals surface area contributed by atoms with Crippen molar-refractivity contribution in [1.29, 1.82) is 0 Å². The van der Waals surface area contributed by atoms with E-state index in [9.17, 15) is 0 Å². The van der Waals surface area contributed by atoms with Crippen molar-refractivity contribution in [2.75, 3.05) is 0 Å². The van der Waals surface area contributed by atoms with Crippen LogP contribution in [0.2, 0.25) is 0 Å². The van der Waals surface area contributed by atoms with Gasteiger partial charge in [0.1, 0.15) is 18.1 Å². The molecule has 4 aromatic rings. The van der Waals surface area contributed by atoms with Crippen molar-refractivity contribution in [3.8, 4) is 11.3 Å². The van der Waals surface area contributed by atoms with E-state index in [1.54, 1.807) is 6.20 Å². The molecule has 0 spiro atoms. The van der Waals surface area contributed by atoms with Crippen molar-refractivity contribution >= 4 is 5.70 Å². The normalized spacial score (nSPS) is 9.52. The maximum absolute atomic E-state index is 4.22. The van der Waals surface area contributed by atoms with Crippen LogP contribution >= 0.6 is 0 Å². The molecule has 4 heteroatoms. The fraction of sp³-hybridized carbons (Fsp3) is 0.0435. The summed E-state index contributed by atoms with van der Waals surface area (Å²) < 4.78 is 3.96. The van der Waals surface area contributed by atoms with Crippen molar-refractivity contribution < 1.29 is 20.1 Å². The Balaban J connectivity index is 0.000000189. The number of nitrogens with zero attached hydrogens (tertiary/aromatic N) is 3. The van der Waals surface area contributed by atoms with E-state index < -0.39 is 0 Å². The minimum absolute atomic E-state index is 0. The Morgan fingerprint density at radius 3 is 2.26 bits per heavy atom. The zero-order chi connectivity index (χ0) is 18.2. The van der Waals surface area contributed by atoms with E-state index >= 15 is 0 Å². The van der Waals surface area contributed by atoms with Gasteiger partial charge in [0.05, 0.1) is 0 Å². The van der Waals surface area contributed by atoms with Crippen molar-refractivity contribution in [3.05, 3.63) is 116 Å². The summed E-state index contributed by atoms with van der Waals surface area (Å²) in [6.45, 7) is 4.03. The molecule has 0 fully saturated rings. The predicted octanol–water partition coefficient (Wildman–Crippen LogP) is 4.97. The molecule has 3 nitrogen and oxygen atoms in total. The zero-order valence-corrected chi connectivity index (χ0v) is 17.4. The van der Waals surface area contributed by atoms with Gasteiger partial charge in [0, 0.05) is 33.3 Å². The third kappa shape index (κ3) is 5.85. The number of rotatable bonds is 3. The minimum Gasteiger partial charge on any atom is -0.305 e. The molecule has 0 bridgehead atoms. The molecule has 0 unspecified atom stereocenters. The monoisotopic (exact) mass is 531 g/mol. The number of hydrogen-bond acceptors (Lipinski definition) is 1. The third-order valence-electron chi connectivity index (χ3n) is 3.75. The van der Waals surface area contributed by atoms with Gasteiger partial charge in [0.2, 0.25) is 0 Å². The summed E-state index contributed by atoms with van der Waals surface area (Å²) >= 11 is 0. The minimum atomic E-state index is 0. The van der Waals surface area contributed by atoms with Crippen LogP contribution in [0.15, 0.2) is 98.2 Å². The van der Waals surface area contributed by atoms with Gasteiger partial charge in [-0.25, -0.2) is 0 Å². The van der Waals surface area contributed by atoms with Gasteiger partial charge in [-0.1, -0.05) is 12.1 Å². The van der Waals surface area contributed by atoms with E-state index in [-0.39, 0.29) is 20.1 Å². The van der Waals surface area contributed by atoms with E-state index in [4.69, 9.17) is 0 Å². The zero-order valence-electron chi connectivity index (χ0n) is 15.0. The summed E-state index contributed by atoms with van der Waals surface area (Å²) in [5.74, 6) is 0. The average molecular weight is 531 g/mol. The molecule has 1 radical (unpaired) electrons. The van der Waals surface area contributed by atoms with E-state index in [0.717, 1.165) is 22.5 Å². The summed E-state index contributed by atoms with van der Waals surface area (Å²) in [5, 5.41) is 0. The quantitative estimate of drug-likeness (QED) is 0.343. The van der Waals surface area contributed by atoms with Gasteiger partial charge in [-0.3, -0.25) is 4.57 Å².